The highest BCUT2D eigenvalue weighted by molar-refractivity contribution is 9.10. The molecule has 0 saturated heterocycles. The molecular weight excluding hydrogens is 342 g/mol. The normalized spacial score (nSPS) is 10.4. The summed E-state index contributed by atoms with van der Waals surface area (Å²) in [5.41, 5.74) is 2.07. The molecule has 2 N–H and O–H groups in total. The zero-order valence-electron chi connectivity index (χ0n) is 11.5. The van der Waals surface area contributed by atoms with Crippen molar-refractivity contribution in [1.29, 1.82) is 0 Å². The van der Waals surface area contributed by atoms with Gasteiger partial charge in [-0.1, -0.05) is 0 Å². The van der Waals surface area contributed by atoms with Crippen LogP contribution in [0.25, 0.3) is 0 Å². The third kappa shape index (κ3) is 3.48. The van der Waals surface area contributed by atoms with Crippen molar-refractivity contribution in [3.8, 4) is 0 Å². The first-order valence-electron chi connectivity index (χ1n) is 6.08. The lowest BCUT2D eigenvalue weighted by Gasteiger charge is -2.09. The lowest BCUT2D eigenvalue weighted by atomic mass is 10.2. The summed E-state index contributed by atoms with van der Waals surface area (Å²) in [7, 11) is 1.26. The Kier molecular flexibility index (Phi) is 4.73. The number of nitrogens with zero attached hydrogens (tertiary/aromatic N) is 3. The van der Waals surface area contributed by atoms with E-state index in [0.29, 0.717) is 16.7 Å². The second kappa shape index (κ2) is 6.53. The van der Waals surface area contributed by atoms with E-state index in [-0.39, 0.29) is 6.54 Å². The number of aryl methyl sites for hydroxylation is 1. The predicted molar refractivity (Wildman–Crippen MR) is 78.9 cm³/mol. The minimum atomic E-state index is -0.536. The molecule has 0 aliphatic rings. The molecule has 0 aliphatic carbocycles. The van der Waals surface area contributed by atoms with Gasteiger partial charge in [-0.25, -0.2) is 4.68 Å². The Morgan fingerprint density at radius 2 is 2.29 bits per heavy atom. The van der Waals surface area contributed by atoms with Crippen LogP contribution < -0.4 is 10.9 Å². The molecule has 21 heavy (non-hydrogen) atoms. The van der Waals surface area contributed by atoms with Crippen LogP contribution in [-0.4, -0.2) is 33.1 Å². The minimum absolute atomic E-state index is 0.227. The van der Waals surface area contributed by atoms with Gasteiger partial charge < -0.3 is 10.1 Å². The van der Waals surface area contributed by atoms with Gasteiger partial charge in [-0.15, -0.1) is 0 Å². The maximum Gasteiger partial charge on any atom is 0.327 e. The number of nitrogens with one attached hydrogen (secondary N) is 2. The van der Waals surface area contributed by atoms with Gasteiger partial charge in [0.05, 0.1) is 25.2 Å². The largest absolute Gasteiger partial charge is 0.468 e. The number of halogens is 1. The number of H-pyrrole nitrogens is 1. The number of anilines is 1. The first kappa shape index (κ1) is 15.2. The molecule has 0 spiro atoms. The van der Waals surface area contributed by atoms with Gasteiger partial charge in [-0.3, -0.25) is 14.7 Å². The van der Waals surface area contributed by atoms with Crippen LogP contribution in [0.3, 0.4) is 0 Å². The molecule has 0 saturated carbocycles. The SMILES string of the molecule is COC(=O)Cn1ncc(NCc2cn[nH]c2C)c(Br)c1=O. The highest BCUT2D eigenvalue weighted by atomic mass is 79.9. The summed E-state index contributed by atoms with van der Waals surface area (Å²) < 4.78 is 5.85. The maximum absolute atomic E-state index is 12.1. The van der Waals surface area contributed by atoms with E-state index in [9.17, 15) is 9.59 Å². The lowest BCUT2D eigenvalue weighted by Crippen LogP contribution is -2.28. The summed E-state index contributed by atoms with van der Waals surface area (Å²) in [5, 5.41) is 13.8. The molecule has 112 valence electrons. The number of carbonyl (C=O) groups excluding carboxylic acids is 1. The fourth-order valence-corrected chi connectivity index (χ4v) is 2.08. The van der Waals surface area contributed by atoms with Crippen molar-refractivity contribution in [3.63, 3.8) is 0 Å². The molecular formula is C12H14BrN5O3. The minimum Gasteiger partial charge on any atom is -0.468 e. The van der Waals surface area contributed by atoms with Gasteiger partial charge in [0.1, 0.15) is 11.0 Å². The maximum atomic E-state index is 12.1. The molecule has 0 atom stereocenters. The van der Waals surface area contributed by atoms with E-state index >= 15 is 0 Å². The highest BCUT2D eigenvalue weighted by Gasteiger charge is 2.12. The fourth-order valence-electron chi connectivity index (χ4n) is 1.63. The van der Waals surface area contributed by atoms with Gasteiger partial charge in [-0.2, -0.15) is 10.2 Å². The van der Waals surface area contributed by atoms with Crippen LogP contribution in [0.2, 0.25) is 0 Å². The van der Waals surface area contributed by atoms with Crippen LogP contribution >= 0.6 is 15.9 Å². The summed E-state index contributed by atoms with van der Waals surface area (Å²) in [6, 6.07) is 0. The number of ether oxygens (including phenoxy) is 1. The summed E-state index contributed by atoms with van der Waals surface area (Å²) in [6.45, 7) is 2.18. The Bertz CT molecular complexity index is 709. The average molecular weight is 356 g/mol. The Hall–Kier alpha value is -2.16. The molecule has 0 fully saturated rings. The molecule has 8 nitrogen and oxygen atoms in total. The van der Waals surface area contributed by atoms with Gasteiger partial charge in [0, 0.05) is 17.8 Å². The molecule has 2 aromatic heterocycles. The summed E-state index contributed by atoms with van der Waals surface area (Å²) in [4.78, 5) is 23.2. The van der Waals surface area contributed by atoms with E-state index in [1.54, 1.807) is 6.20 Å². The number of hydrogen-bond acceptors (Lipinski definition) is 6. The van der Waals surface area contributed by atoms with Gasteiger partial charge in [0.25, 0.3) is 5.56 Å². The number of aromatic nitrogens is 4. The number of carbonyl (C=O) groups is 1. The monoisotopic (exact) mass is 355 g/mol. The average Bonchev–Trinajstić information content (AvgIpc) is 2.88. The van der Waals surface area contributed by atoms with Crippen molar-refractivity contribution >= 4 is 27.6 Å². The number of esters is 1. The summed E-state index contributed by atoms with van der Waals surface area (Å²) >= 11 is 3.21. The van der Waals surface area contributed by atoms with E-state index in [4.69, 9.17) is 0 Å². The molecule has 0 aromatic carbocycles. The second-order valence-electron chi connectivity index (χ2n) is 4.28. The van der Waals surface area contributed by atoms with Crippen LogP contribution in [0.5, 0.6) is 0 Å². The predicted octanol–water partition coefficient (Wildman–Crippen LogP) is 0.822. The summed E-state index contributed by atoms with van der Waals surface area (Å²) in [6.07, 6.45) is 3.19. The van der Waals surface area contributed by atoms with E-state index in [0.717, 1.165) is 15.9 Å². The first-order valence-corrected chi connectivity index (χ1v) is 6.87. The Labute approximate surface area is 128 Å². The summed E-state index contributed by atoms with van der Waals surface area (Å²) in [5.74, 6) is -0.536. The van der Waals surface area contributed by atoms with E-state index in [1.165, 1.54) is 13.3 Å². The standard InChI is InChI=1S/C12H14BrN5O3/c1-7-8(4-15-17-7)3-14-9-5-16-18(6-10(19)21-2)12(20)11(9)13/h4-5,14H,3,6H2,1-2H3,(H,15,17). The van der Waals surface area contributed by atoms with Crippen molar-refractivity contribution in [2.45, 2.75) is 20.0 Å². The molecule has 0 unspecified atom stereocenters. The highest BCUT2D eigenvalue weighted by Crippen LogP contribution is 2.17. The van der Waals surface area contributed by atoms with Crippen molar-refractivity contribution in [3.05, 3.63) is 38.5 Å². The second-order valence-corrected chi connectivity index (χ2v) is 5.08. The van der Waals surface area contributed by atoms with Crippen molar-refractivity contribution in [2.24, 2.45) is 0 Å². The third-order valence-corrected chi connectivity index (χ3v) is 3.66. The zero-order chi connectivity index (χ0) is 15.4. The van der Waals surface area contributed by atoms with Crippen LogP contribution in [0.15, 0.2) is 21.7 Å². The van der Waals surface area contributed by atoms with Crippen molar-refractivity contribution in [2.75, 3.05) is 12.4 Å². The molecule has 0 radical (unpaired) electrons. The van der Waals surface area contributed by atoms with E-state index in [1.807, 2.05) is 6.92 Å². The quantitative estimate of drug-likeness (QED) is 0.770. The molecule has 0 bridgehead atoms. The van der Waals surface area contributed by atoms with Crippen molar-refractivity contribution in [1.82, 2.24) is 20.0 Å². The zero-order valence-corrected chi connectivity index (χ0v) is 13.1. The van der Waals surface area contributed by atoms with Crippen molar-refractivity contribution < 1.29 is 9.53 Å². The molecule has 0 amide bonds. The van der Waals surface area contributed by atoms with E-state index in [2.05, 4.69) is 41.3 Å². The molecule has 0 aliphatic heterocycles. The van der Waals surface area contributed by atoms with Crippen LogP contribution in [0, 0.1) is 6.92 Å². The molecule has 2 rings (SSSR count). The topological polar surface area (TPSA) is 102 Å². The van der Waals surface area contributed by atoms with Crippen LogP contribution in [0.1, 0.15) is 11.3 Å². The Morgan fingerprint density at radius 3 is 2.90 bits per heavy atom. The Morgan fingerprint density at radius 1 is 1.52 bits per heavy atom. The lowest BCUT2D eigenvalue weighted by molar-refractivity contribution is -0.141. The molecule has 9 heteroatoms. The third-order valence-electron chi connectivity index (χ3n) is 2.90. The Balaban J connectivity index is 2.15. The number of rotatable bonds is 5. The van der Waals surface area contributed by atoms with Gasteiger partial charge in [-0.05, 0) is 22.9 Å². The first-order chi connectivity index (χ1) is 10.0. The molecule has 2 aromatic rings. The number of methoxy groups -OCH3 is 1. The number of aromatic amines is 1. The van der Waals surface area contributed by atoms with E-state index < -0.39 is 11.5 Å². The van der Waals surface area contributed by atoms with Crippen LogP contribution in [0.4, 0.5) is 5.69 Å². The van der Waals surface area contributed by atoms with Crippen LogP contribution in [-0.2, 0) is 22.6 Å². The number of hydrogen-bond donors (Lipinski definition) is 2. The fraction of sp³-hybridized carbons (Fsp3) is 0.333. The molecule has 2 heterocycles. The van der Waals surface area contributed by atoms with Gasteiger partial charge in [0.15, 0.2) is 0 Å². The van der Waals surface area contributed by atoms with Gasteiger partial charge >= 0.3 is 5.97 Å². The smallest absolute Gasteiger partial charge is 0.327 e. The van der Waals surface area contributed by atoms with Gasteiger partial charge in [0.2, 0.25) is 0 Å².